The lowest BCUT2D eigenvalue weighted by Crippen LogP contribution is -2.46. The summed E-state index contributed by atoms with van der Waals surface area (Å²) in [5.41, 5.74) is 0.796. The van der Waals surface area contributed by atoms with Crippen LogP contribution in [-0.4, -0.2) is 53.7 Å². The molecule has 1 aliphatic carbocycles. The van der Waals surface area contributed by atoms with Crippen LogP contribution in [0.2, 0.25) is 10.0 Å². The van der Waals surface area contributed by atoms with Gasteiger partial charge in [0.25, 0.3) is 0 Å². The number of nitrogens with zero attached hydrogens (tertiary/aromatic N) is 3. The van der Waals surface area contributed by atoms with E-state index in [0.717, 1.165) is 38.9 Å². The van der Waals surface area contributed by atoms with E-state index in [1.165, 1.54) is 17.4 Å². The van der Waals surface area contributed by atoms with Gasteiger partial charge in [0.05, 0.1) is 27.4 Å². The van der Waals surface area contributed by atoms with Crippen molar-refractivity contribution in [3.8, 4) is 17.0 Å². The Balaban J connectivity index is 1.15. The molecule has 3 aliphatic rings. The maximum atomic E-state index is 13.7. The summed E-state index contributed by atoms with van der Waals surface area (Å²) in [4.78, 5) is 32.5. The fourth-order valence-electron chi connectivity index (χ4n) is 6.30. The van der Waals surface area contributed by atoms with Crippen LogP contribution >= 0.6 is 34.5 Å². The molecule has 2 aliphatic heterocycles. The molecule has 0 radical (unpaired) electrons. The van der Waals surface area contributed by atoms with Gasteiger partial charge in [0.2, 0.25) is 0 Å². The molecule has 0 N–H and O–H groups in total. The Hall–Kier alpha value is -3.55. The van der Waals surface area contributed by atoms with Crippen molar-refractivity contribution in [2.75, 3.05) is 12.0 Å². The fourth-order valence-corrected chi connectivity index (χ4v) is 8.04. The van der Waals surface area contributed by atoms with E-state index in [1.54, 1.807) is 18.2 Å². The second-order valence-corrected chi connectivity index (χ2v) is 13.1. The second-order valence-electron chi connectivity index (χ2n) is 11.3. The Morgan fingerprint density at radius 3 is 2.36 bits per heavy atom. The zero-order valence-corrected chi connectivity index (χ0v) is 25.9. The number of methoxy groups -OCH3 is 1. The van der Waals surface area contributed by atoms with E-state index < -0.39 is 30.2 Å². The smallest absolute Gasteiger partial charge is 0.465 e. The molecule has 0 spiro atoms. The van der Waals surface area contributed by atoms with Gasteiger partial charge >= 0.3 is 18.3 Å². The quantitative estimate of drug-likeness (QED) is 0.179. The maximum absolute atomic E-state index is 13.7. The standard InChI is InChI=1S/C30H24Cl2F3N3O6S/c1-41-27(39)14-9-20(43-30(33,34)35)24-21(10-14)45-29(36-24)38-15-7-8-16(38)12-17(11-15)42-28(40)23-25(37-44-26(23)13-5-6-13)22-18(31)3-2-4-19(22)32/h2-4,9-10,13,15-17H,5-8,11-12H2,1H3/t15-,16+,17?. The first-order valence-corrected chi connectivity index (χ1v) is 15.8. The first kappa shape index (κ1) is 30.1. The van der Waals surface area contributed by atoms with Crippen LogP contribution in [0.5, 0.6) is 5.75 Å². The molecule has 2 bridgehead atoms. The lowest BCUT2D eigenvalue weighted by atomic mass is 9.99. The van der Waals surface area contributed by atoms with Gasteiger partial charge in [-0.3, -0.25) is 0 Å². The molecule has 236 valence electrons. The highest BCUT2D eigenvalue weighted by Crippen LogP contribution is 2.48. The van der Waals surface area contributed by atoms with Crippen LogP contribution in [0.15, 0.2) is 34.9 Å². The van der Waals surface area contributed by atoms with Crippen molar-refractivity contribution >= 4 is 61.8 Å². The first-order valence-electron chi connectivity index (χ1n) is 14.2. The summed E-state index contributed by atoms with van der Waals surface area (Å²) in [6.07, 6.45) is -1.11. The van der Waals surface area contributed by atoms with Crippen LogP contribution in [0, 0.1) is 0 Å². The maximum Gasteiger partial charge on any atom is 0.573 e. The average molecular weight is 683 g/mol. The molecule has 1 saturated carbocycles. The van der Waals surface area contributed by atoms with Crippen molar-refractivity contribution in [3.05, 3.63) is 57.3 Å². The third-order valence-corrected chi connectivity index (χ3v) is 10.00. The van der Waals surface area contributed by atoms with Gasteiger partial charge in [-0.25, -0.2) is 14.6 Å². The largest absolute Gasteiger partial charge is 0.573 e. The molecule has 3 fully saturated rings. The molecule has 4 heterocycles. The van der Waals surface area contributed by atoms with Crippen LogP contribution in [0.3, 0.4) is 0 Å². The number of aromatic nitrogens is 2. The zero-order chi connectivity index (χ0) is 31.6. The average Bonchev–Trinajstić information content (AvgIpc) is 3.48. The summed E-state index contributed by atoms with van der Waals surface area (Å²) in [5, 5.41) is 5.34. The van der Waals surface area contributed by atoms with Crippen LogP contribution in [0.25, 0.3) is 21.5 Å². The van der Waals surface area contributed by atoms with E-state index in [0.29, 0.717) is 44.0 Å². The Kier molecular flexibility index (Phi) is 7.60. The number of piperidine rings is 1. The number of anilines is 1. The number of rotatable bonds is 7. The lowest BCUT2D eigenvalue weighted by molar-refractivity contribution is -0.274. The van der Waals surface area contributed by atoms with E-state index in [9.17, 15) is 22.8 Å². The van der Waals surface area contributed by atoms with E-state index in [2.05, 4.69) is 19.8 Å². The van der Waals surface area contributed by atoms with Gasteiger partial charge in [-0.2, -0.15) is 0 Å². The number of benzene rings is 2. The van der Waals surface area contributed by atoms with Gasteiger partial charge < -0.3 is 23.6 Å². The molecule has 9 nitrogen and oxygen atoms in total. The minimum atomic E-state index is -4.98. The van der Waals surface area contributed by atoms with Crippen molar-refractivity contribution in [3.63, 3.8) is 0 Å². The summed E-state index contributed by atoms with van der Waals surface area (Å²) in [7, 11) is 1.14. The normalized spacial score (nSPS) is 21.3. The highest BCUT2D eigenvalue weighted by molar-refractivity contribution is 7.22. The zero-order valence-electron chi connectivity index (χ0n) is 23.5. The molecule has 1 unspecified atom stereocenters. The molecule has 45 heavy (non-hydrogen) atoms. The van der Waals surface area contributed by atoms with Crippen molar-refractivity contribution in [1.82, 2.24) is 10.1 Å². The lowest BCUT2D eigenvalue weighted by Gasteiger charge is -2.38. The number of alkyl halides is 3. The fraction of sp³-hybridized carbons (Fsp3) is 0.400. The predicted octanol–water partition coefficient (Wildman–Crippen LogP) is 8.18. The van der Waals surface area contributed by atoms with Crippen LogP contribution < -0.4 is 9.64 Å². The minimum absolute atomic E-state index is 0.00115. The molecule has 0 amide bonds. The molecular formula is C30H24Cl2F3N3O6S. The SMILES string of the molecule is COC(=O)c1cc(OC(F)(F)F)c2nc(N3[C@@H]4CC[C@H]3CC(OC(=O)c3c(-c5c(Cl)cccc5Cl)noc3C3CC3)C4)sc2c1. The molecule has 2 saturated heterocycles. The molecule has 15 heteroatoms. The molecule has 3 atom stereocenters. The molecule has 2 aromatic heterocycles. The Morgan fingerprint density at radius 1 is 1.04 bits per heavy atom. The first-order chi connectivity index (χ1) is 21.5. The van der Waals surface area contributed by atoms with Crippen molar-refractivity contribution < 1.29 is 41.5 Å². The summed E-state index contributed by atoms with van der Waals surface area (Å²) < 4.78 is 60.7. The van der Waals surface area contributed by atoms with Crippen LogP contribution in [0.4, 0.5) is 18.3 Å². The summed E-state index contributed by atoms with van der Waals surface area (Å²) in [6, 6.07) is 7.30. The second kappa shape index (κ2) is 11.4. The molecule has 4 aromatic rings. The summed E-state index contributed by atoms with van der Waals surface area (Å²) in [5.74, 6) is -1.40. The van der Waals surface area contributed by atoms with E-state index in [1.807, 2.05) is 0 Å². The van der Waals surface area contributed by atoms with Crippen molar-refractivity contribution in [1.29, 1.82) is 0 Å². The van der Waals surface area contributed by atoms with Crippen molar-refractivity contribution in [2.45, 2.75) is 69.0 Å². The summed E-state index contributed by atoms with van der Waals surface area (Å²) in [6.45, 7) is 0. The number of fused-ring (bicyclic) bond motifs is 3. The minimum Gasteiger partial charge on any atom is -0.465 e. The highest BCUT2D eigenvalue weighted by Gasteiger charge is 2.45. The van der Waals surface area contributed by atoms with Gasteiger partial charge in [0.15, 0.2) is 16.6 Å². The third-order valence-electron chi connectivity index (χ3n) is 8.35. The van der Waals surface area contributed by atoms with Crippen LogP contribution in [-0.2, 0) is 9.47 Å². The number of esters is 2. The number of halogens is 5. The van der Waals surface area contributed by atoms with Gasteiger partial charge in [-0.05, 0) is 49.9 Å². The number of carbonyl (C=O) groups excluding carboxylic acids is 2. The number of thiazole rings is 1. The van der Waals surface area contributed by atoms with Gasteiger partial charge in [-0.15, -0.1) is 13.2 Å². The predicted molar refractivity (Wildman–Crippen MR) is 159 cm³/mol. The highest BCUT2D eigenvalue weighted by atomic mass is 35.5. The Labute approximate surface area is 268 Å². The van der Waals surface area contributed by atoms with Gasteiger partial charge in [0.1, 0.15) is 22.9 Å². The summed E-state index contributed by atoms with van der Waals surface area (Å²) >= 11 is 14.1. The monoisotopic (exact) mass is 681 g/mol. The van der Waals surface area contributed by atoms with Crippen molar-refractivity contribution in [2.24, 2.45) is 0 Å². The van der Waals surface area contributed by atoms with E-state index in [-0.39, 0.29) is 40.3 Å². The van der Waals surface area contributed by atoms with Gasteiger partial charge in [-0.1, -0.05) is 45.8 Å². The third kappa shape index (κ3) is 5.70. The molecule has 7 rings (SSSR count). The molecular weight excluding hydrogens is 658 g/mol. The number of ether oxygens (including phenoxy) is 3. The van der Waals surface area contributed by atoms with E-state index in [4.69, 9.17) is 37.2 Å². The number of carbonyl (C=O) groups is 2. The van der Waals surface area contributed by atoms with E-state index >= 15 is 0 Å². The van der Waals surface area contributed by atoms with Gasteiger partial charge in [0, 0.05) is 36.4 Å². The number of hydrogen-bond donors (Lipinski definition) is 0. The topological polar surface area (TPSA) is 104 Å². The Morgan fingerprint density at radius 2 is 1.73 bits per heavy atom. The molecule has 2 aromatic carbocycles. The van der Waals surface area contributed by atoms with Crippen LogP contribution in [0.1, 0.15) is 70.9 Å². The Bertz CT molecular complexity index is 1790. The number of hydrogen-bond acceptors (Lipinski definition) is 10.